The first kappa shape index (κ1) is 18.7. The fourth-order valence-corrected chi connectivity index (χ4v) is 3.32. The predicted octanol–water partition coefficient (Wildman–Crippen LogP) is 3.88. The maximum atomic E-state index is 11.9. The average Bonchev–Trinajstić information content (AvgIpc) is 3.11. The van der Waals surface area contributed by atoms with Crippen LogP contribution in [-0.4, -0.2) is 27.7 Å². The quantitative estimate of drug-likeness (QED) is 0.565. The van der Waals surface area contributed by atoms with Gasteiger partial charge < -0.3 is 10.1 Å². The molecule has 0 aliphatic rings. The fourth-order valence-electron chi connectivity index (χ4n) is 3.32. The van der Waals surface area contributed by atoms with E-state index in [0.29, 0.717) is 12.2 Å². The van der Waals surface area contributed by atoms with Crippen molar-refractivity contribution in [3.05, 3.63) is 77.6 Å². The summed E-state index contributed by atoms with van der Waals surface area (Å²) in [5.74, 6) is 0.712. The van der Waals surface area contributed by atoms with Gasteiger partial charge in [0.2, 0.25) is 0 Å². The summed E-state index contributed by atoms with van der Waals surface area (Å²) in [7, 11) is 3.54. The van der Waals surface area contributed by atoms with E-state index in [0.717, 1.165) is 39.0 Å². The number of hydrogen-bond donors (Lipinski definition) is 1. The Kier molecular flexibility index (Phi) is 4.99. The molecule has 0 aliphatic carbocycles. The van der Waals surface area contributed by atoms with Crippen LogP contribution in [0.5, 0.6) is 5.75 Å². The highest BCUT2D eigenvalue weighted by atomic mass is 16.5. The molecule has 146 valence electrons. The molecule has 6 heteroatoms. The lowest BCUT2D eigenvalue weighted by Crippen LogP contribution is -2.18. The number of aryl methyl sites for hydroxylation is 2. The van der Waals surface area contributed by atoms with E-state index in [1.165, 1.54) is 0 Å². The van der Waals surface area contributed by atoms with Crippen molar-refractivity contribution in [3.8, 4) is 17.0 Å². The van der Waals surface area contributed by atoms with Crippen molar-refractivity contribution < 1.29 is 9.53 Å². The molecule has 2 aromatic heterocycles. The van der Waals surface area contributed by atoms with Gasteiger partial charge in [0.05, 0.1) is 11.2 Å². The van der Waals surface area contributed by atoms with Crippen LogP contribution >= 0.6 is 0 Å². The molecule has 4 aromatic rings. The molecule has 4 rings (SSSR count). The third kappa shape index (κ3) is 3.96. The highest BCUT2D eigenvalue weighted by molar-refractivity contribution is 5.96. The fraction of sp³-hybridized carbons (Fsp3) is 0.174. The lowest BCUT2D eigenvalue weighted by molar-refractivity contribution is 0.0962. The minimum atomic E-state index is -0.0882. The van der Waals surface area contributed by atoms with Crippen molar-refractivity contribution in [2.45, 2.75) is 13.5 Å². The first-order valence-corrected chi connectivity index (χ1v) is 9.38. The Hall–Kier alpha value is -3.67. The summed E-state index contributed by atoms with van der Waals surface area (Å²) in [6.45, 7) is 2.37. The van der Waals surface area contributed by atoms with E-state index in [1.54, 1.807) is 17.9 Å². The smallest absolute Gasteiger partial charge is 0.251 e. The first-order valence-electron chi connectivity index (χ1n) is 9.38. The largest absolute Gasteiger partial charge is 0.489 e. The Balaban J connectivity index is 1.52. The summed E-state index contributed by atoms with van der Waals surface area (Å²) >= 11 is 0. The van der Waals surface area contributed by atoms with Crippen molar-refractivity contribution in [1.82, 2.24) is 20.1 Å². The van der Waals surface area contributed by atoms with E-state index in [2.05, 4.69) is 15.4 Å². The minimum Gasteiger partial charge on any atom is -0.489 e. The van der Waals surface area contributed by atoms with Gasteiger partial charge in [-0.15, -0.1) is 0 Å². The molecule has 0 bridgehead atoms. The van der Waals surface area contributed by atoms with Gasteiger partial charge in [-0.2, -0.15) is 5.10 Å². The molecule has 0 fully saturated rings. The zero-order chi connectivity index (χ0) is 20.4. The second-order valence-corrected chi connectivity index (χ2v) is 6.97. The summed E-state index contributed by atoms with van der Waals surface area (Å²) in [5, 5.41) is 8.08. The van der Waals surface area contributed by atoms with Crippen LogP contribution in [0, 0.1) is 6.92 Å². The van der Waals surface area contributed by atoms with E-state index in [9.17, 15) is 4.79 Å². The van der Waals surface area contributed by atoms with E-state index >= 15 is 0 Å². The lowest BCUT2D eigenvalue weighted by Gasteiger charge is -2.10. The monoisotopic (exact) mass is 386 g/mol. The molecule has 1 N–H and O–H groups in total. The lowest BCUT2D eigenvalue weighted by atomic mass is 10.0. The summed E-state index contributed by atoms with van der Waals surface area (Å²) in [4.78, 5) is 16.4. The predicted molar refractivity (Wildman–Crippen MR) is 113 cm³/mol. The number of pyridine rings is 1. The number of nitrogens with one attached hydrogen (secondary N) is 1. The van der Waals surface area contributed by atoms with E-state index in [1.807, 2.05) is 68.7 Å². The van der Waals surface area contributed by atoms with Crippen LogP contribution in [0.3, 0.4) is 0 Å². The van der Waals surface area contributed by atoms with Gasteiger partial charge >= 0.3 is 0 Å². The van der Waals surface area contributed by atoms with Gasteiger partial charge in [0.1, 0.15) is 12.4 Å². The molecule has 0 saturated carbocycles. The molecular weight excluding hydrogens is 364 g/mol. The van der Waals surface area contributed by atoms with E-state index in [4.69, 9.17) is 4.74 Å². The number of carbonyl (C=O) groups is 1. The van der Waals surface area contributed by atoms with Gasteiger partial charge in [0.15, 0.2) is 0 Å². The Morgan fingerprint density at radius 2 is 2.00 bits per heavy atom. The topological polar surface area (TPSA) is 69.0 Å². The first-order chi connectivity index (χ1) is 14.0. The number of benzene rings is 2. The van der Waals surface area contributed by atoms with Crippen molar-refractivity contribution in [2.24, 2.45) is 7.05 Å². The van der Waals surface area contributed by atoms with Crippen LogP contribution in [0.25, 0.3) is 22.2 Å². The summed E-state index contributed by atoms with van der Waals surface area (Å²) < 4.78 is 7.76. The Morgan fingerprint density at radius 1 is 1.14 bits per heavy atom. The number of carbonyl (C=O) groups excluding carboxylic acids is 1. The molecule has 0 aliphatic heterocycles. The van der Waals surface area contributed by atoms with Gasteiger partial charge in [-0.25, -0.2) is 0 Å². The number of amides is 1. The van der Waals surface area contributed by atoms with Crippen LogP contribution in [0.4, 0.5) is 0 Å². The van der Waals surface area contributed by atoms with Gasteiger partial charge in [0.25, 0.3) is 5.91 Å². The minimum absolute atomic E-state index is 0.0882. The second-order valence-electron chi connectivity index (χ2n) is 6.97. The molecule has 0 saturated heterocycles. The van der Waals surface area contributed by atoms with Crippen LogP contribution in [-0.2, 0) is 13.7 Å². The number of hydrogen-bond acceptors (Lipinski definition) is 4. The molecule has 0 radical (unpaired) electrons. The number of nitrogens with zero attached hydrogens (tertiary/aromatic N) is 3. The molecule has 0 unspecified atom stereocenters. The average molecular weight is 386 g/mol. The molecule has 0 atom stereocenters. The summed E-state index contributed by atoms with van der Waals surface area (Å²) in [6.07, 6.45) is 3.75. The summed E-state index contributed by atoms with van der Waals surface area (Å²) in [5.41, 5.74) is 5.36. The second kappa shape index (κ2) is 7.75. The number of ether oxygens (including phenoxy) is 1. The van der Waals surface area contributed by atoms with Crippen molar-refractivity contribution in [2.75, 3.05) is 7.05 Å². The van der Waals surface area contributed by atoms with Crippen molar-refractivity contribution in [1.29, 1.82) is 0 Å². The molecular formula is C23H22N4O2. The molecule has 2 heterocycles. The standard InChI is InChI=1S/C23H22N4O2/c1-15-10-17(4-6-20(15)23(28)24-2)22-11-16(8-9-25-22)14-29-19-5-7-21-18(12-19)13-27(3)26-21/h4-13H,14H2,1-3H3,(H,24,28). The van der Waals surface area contributed by atoms with E-state index < -0.39 is 0 Å². The Morgan fingerprint density at radius 3 is 2.79 bits per heavy atom. The van der Waals surface area contributed by atoms with Crippen molar-refractivity contribution in [3.63, 3.8) is 0 Å². The molecule has 29 heavy (non-hydrogen) atoms. The third-order valence-corrected chi connectivity index (χ3v) is 4.81. The Labute approximate surface area is 169 Å². The highest BCUT2D eigenvalue weighted by Gasteiger charge is 2.09. The molecule has 0 spiro atoms. The van der Waals surface area contributed by atoms with Crippen LogP contribution < -0.4 is 10.1 Å². The van der Waals surface area contributed by atoms with Crippen LogP contribution in [0.2, 0.25) is 0 Å². The van der Waals surface area contributed by atoms with Gasteiger partial charge in [-0.3, -0.25) is 14.5 Å². The zero-order valence-electron chi connectivity index (χ0n) is 16.6. The molecule has 6 nitrogen and oxygen atoms in total. The maximum absolute atomic E-state index is 11.9. The molecule has 2 aromatic carbocycles. The third-order valence-electron chi connectivity index (χ3n) is 4.81. The number of aromatic nitrogens is 3. The number of rotatable bonds is 5. The van der Waals surface area contributed by atoms with Gasteiger partial charge in [-0.1, -0.05) is 6.07 Å². The van der Waals surface area contributed by atoms with E-state index in [-0.39, 0.29) is 5.91 Å². The normalized spacial score (nSPS) is 10.9. The van der Waals surface area contributed by atoms with Crippen molar-refractivity contribution >= 4 is 16.8 Å². The SMILES string of the molecule is CNC(=O)c1ccc(-c2cc(COc3ccc4nn(C)cc4c3)ccn2)cc1C. The highest BCUT2D eigenvalue weighted by Crippen LogP contribution is 2.23. The number of fused-ring (bicyclic) bond motifs is 1. The summed E-state index contributed by atoms with van der Waals surface area (Å²) in [6, 6.07) is 15.6. The van der Waals surface area contributed by atoms with Gasteiger partial charge in [-0.05, 0) is 60.5 Å². The maximum Gasteiger partial charge on any atom is 0.251 e. The zero-order valence-corrected chi connectivity index (χ0v) is 16.6. The van der Waals surface area contributed by atoms with Crippen LogP contribution in [0.1, 0.15) is 21.5 Å². The van der Waals surface area contributed by atoms with Gasteiger partial charge in [0, 0.05) is 43.0 Å². The molecule has 1 amide bonds. The van der Waals surface area contributed by atoms with Crippen LogP contribution in [0.15, 0.2) is 60.9 Å². The Bertz CT molecular complexity index is 1200.